The van der Waals surface area contributed by atoms with Crippen LogP contribution in [0.15, 0.2) is 0 Å². The Balaban J connectivity index is 2.78. The van der Waals surface area contributed by atoms with Gasteiger partial charge in [-0.2, -0.15) is 0 Å². The fourth-order valence-corrected chi connectivity index (χ4v) is 2.61. The van der Waals surface area contributed by atoms with Gasteiger partial charge in [-0.25, -0.2) is 0 Å². The van der Waals surface area contributed by atoms with E-state index in [4.69, 9.17) is 5.73 Å². The van der Waals surface area contributed by atoms with E-state index in [0.29, 0.717) is 17.9 Å². The first-order valence-electron chi connectivity index (χ1n) is 6.49. The van der Waals surface area contributed by atoms with Crippen molar-refractivity contribution in [2.75, 3.05) is 0 Å². The van der Waals surface area contributed by atoms with Crippen molar-refractivity contribution in [3.05, 3.63) is 0 Å². The molecule has 94 valence electrons. The zero-order valence-electron chi connectivity index (χ0n) is 11.0. The third-order valence-corrected chi connectivity index (χ3v) is 4.28. The second kappa shape index (κ2) is 5.17. The van der Waals surface area contributed by atoms with Crippen LogP contribution >= 0.6 is 0 Å². The maximum Gasteiger partial charge on any atom is 0.237 e. The molecule has 3 nitrogen and oxygen atoms in total. The van der Waals surface area contributed by atoms with Gasteiger partial charge in [0.15, 0.2) is 0 Å². The third kappa shape index (κ3) is 2.76. The maximum absolute atomic E-state index is 11.7. The molecule has 0 bridgehead atoms. The van der Waals surface area contributed by atoms with Crippen molar-refractivity contribution in [1.82, 2.24) is 5.32 Å². The van der Waals surface area contributed by atoms with Gasteiger partial charge in [0, 0.05) is 6.04 Å². The lowest BCUT2D eigenvalue weighted by molar-refractivity contribution is -0.127. The number of hydrogen-bond donors (Lipinski definition) is 2. The molecule has 1 saturated carbocycles. The van der Waals surface area contributed by atoms with Crippen LogP contribution in [-0.2, 0) is 4.79 Å². The molecule has 0 aromatic carbocycles. The highest BCUT2D eigenvalue weighted by atomic mass is 16.1. The summed E-state index contributed by atoms with van der Waals surface area (Å²) < 4.78 is 0. The smallest absolute Gasteiger partial charge is 0.237 e. The van der Waals surface area contributed by atoms with Crippen LogP contribution in [0.4, 0.5) is 0 Å². The highest BCUT2D eigenvalue weighted by molar-refractivity contribution is 5.84. The first kappa shape index (κ1) is 13.5. The quantitative estimate of drug-likeness (QED) is 0.771. The molecule has 3 N–H and O–H groups in total. The van der Waals surface area contributed by atoms with Crippen molar-refractivity contribution in [2.45, 2.75) is 65.0 Å². The maximum atomic E-state index is 11.7. The van der Waals surface area contributed by atoms with E-state index in [9.17, 15) is 4.79 Å². The number of amides is 1. The van der Waals surface area contributed by atoms with Crippen molar-refractivity contribution >= 4 is 5.91 Å². The van der Waals surface area contributed by atoms with E-state index in [-0.39, 0.29) is 5.91 Å². The number of nitrogens with one attached hydrogen (secondary N) is 1. The molecule has 0 spiro atoms. The van der Waals surface area contributed by atoms with Crippen LogP contribution in [0.5, 0.6) is 0 Å². The molecule has 0 saturated heterocycles. The minimum atomic E-state index is -0.457. The van der Waals surface area contributed by atoms with Gasteiger partial charge in [0.25, 0.3) is 0 Å². The second-order valence-electron chi connectivity index (χ2n) is 5.60. The van der Waals surface area contributed by atoms with Gasteiger partial charge in [0.1, 0.15) is 0 Å². The van der Waals surface area contributed by atoms with E-state index in [1.807, 2.05) is 0 Å². The molecule has 0 aliphatic heterocycles. The molecule has 0 aromatic rings. The Kier molecular flexibility index (Phi) is 4.36. The molecule has 4 atom stereocenters. The summed E-state index contributed by atoms with van der Waals surface area (Å²) in [6, 6.07) is 0.355. The van der Waals surface area contributed by atoms with E-state index in [2.05, 4.69) is 33.0 Å². The lowest BCUT2D eigenvalue weighted by Crippen LogP contribution is -2.60. The van der Waals surface area contributed by atoms with Crippen LogP contribution in [0, 0.1) is 11.8 Å². The summed E-state index contributed by atoms with van der Waals surface area (Å²) in [4.78, 5) is 11.7. The summed E-state index contributed by atoms with van der Waals surface area (Å²) in [6.07, 6.45) is 3.89. The topological polar surface area (TPSA) is 55.1 Å². The van der Waals surface area contributed by atoms with Gasteiger partial charge in [-0.3, -0.25) is 4.79 Å². The zero-order chi connectivity index (χ0) is 12.3. The van der Waals surface area contributed by atoms with Gasteiger partial charge in [0.05, 0.1) is 5.54 Å². The lowest BCUT2D eigenvalue weighted by Gasteiger charge is -2.42. The van der Waals surface area contributed by atoms with E-state index in [0.717, 1.165) is 25.7 Å². The van der Waals surface area contributed by atoms with Gasteiger partial charge >= 0.3 is 0 Å². The van der Waals surface area contributed by atoms with E-state index >= 15 is 0 Å². The van der Waals surface area contributed by atoms with Crippen LogP contribution < -0.4 is 11.1 Å². The van der Waals surface area contributed by atoms with Crippen LogP contribution in [0.2, 0.25) is 0 Å². The number of hydrogen-bond acceptors (Lipinski definition) is 2. The Bertz CT molecular complexity index is 250. The molecule has 0 heterocycles. The van der Waals surface area contributed by atoms with Gasteiger partial charge < -0.3 is 11.1 Å². The number of carbonyl (C=O) groups is 1. The monoisotopic (exact) mass is 226 g/mol. The summed E-state index contributed by atoms with van der Waals surface area (Å²) in [5.74, 6) is 1.09. The predicted molar refractivity (Wildman–Crippen MR) is 67.0 cm³/mol. The summed E-state index contributed by atoms with van der Waals surface area (Å²) >= 11 is 0. The largest absolute Gasteiger partial charge is 0.368 e. The summed E-state index contributed by atoms with van der Waals surface area (Å²) in [6.45, 7) is 8.73. The number of carbonyl (C=O) groups excluding carboxylic acids is 1. The van der Waals surface area contributed by atoms with Crippen LogP contribution in [0.25, 0.3) is 0 Å². The minimum Gasteiger partial charge on any atom is -0.368 e. The van der Waals surface area contributed by atoms with Crippen molar-refractivity contribution in [1.29, 1.82) is 0 Å². The Morgan fingerprint density at radius 3 is 2.56 bits per heavy atom. The van der Waals surface area contributed by atoms with Crippen LogP contribution in [0.1, 0.15) is 53.4 Å². The van der Waals surface area contributed by atoms with Gasteiger partial charge in [-0.05, 0) is 44.4 Å². The molecular weight excluding hydrogens is 200 g/mol. The highest BCUT2D eigenvalue weighted by Gasteiger charge is 2.42. The molecular formula is C13H26N2O. The molecule has 1 aliphatic carbocycles. The van der Waals surface area contributed by atoms with Crippen LogP contribution in [-0.4, -0.2) is 17.5 Å². The standard InChI is InChI=1S/C13H26N2O/c1-5-11(4)15-13(12(14)16)7-6-9(2)10(3)8-13/h9-11,15H,5-8H2,1-4H3,(H2,14,16). The molecule has 1 aliphatic rings. The number of rotatable bonds is 4. The Morgan fingerprint density at radius 1 is 1.50 bits per heavy atom. The van der Waals surface area contributed by atoms with E-state index in [1.165, 1.54) is 0 Å². The SMILES string of the molecule is CCC(C)NC1(C(N)=O)CCC(C)C(C)C1. The van der Waals surface area contributed by atoms with Gasteiger partial charge in [-0.1, -0.05) is 20.8 Å². The van der Waals surface area contributed by atoms with Crippen molar-refractivity contribution in [3.63, 3.8) is 0 Å². The molecule has 0 radical (unpaired) electrons. The second-order valence-corrected chi connectivity index (χ2v) is 5.60. The van der Waals surface area contributed by atoms with Crippen molar-refractivity contribution in [3.8, 4) is 0 Å². The van der Waals surface area contributed by atoms with E-state index < -0.39 is 5.54 Å². The van der Waals surface area contributed by atoms with Gasteiger partial charge in [-0.15, -0.1) is 0 Å². The average Bonchev–Trinajstić information content (AvgIpc) is 2.23. The van der Waals surface area contributed by atoms with E-state index in [1.54, 1.807) is 0 Å². The fraction of sp³-hybridized carbons (Fsp3) is 0.923. The van der Waals surface area contributed by atoms with Crippen LogP contribution in [0.3, 0.4) is 0 Å². The highest BCUT2D eigenvalue weighted by Crippen LogP contribution is 2.36. The Morgan fingerprint density at radius 2 is 2.12 bits per heavy atom. The summed E-state index contributed by atoms with van der Waals surface area (Å²) in [5.41, 5.74) is 5.15. The first-order chi connectivity index (χ1) is 7.41. The number of primary amides is 1. The lowest BCUT2D eigenvalue weighted by atomic mass is 9.70. The molecule has 1 rings (SSSR count). The Hall–Kier alpha value is -0.570. The molecule has 0 aromatic heterocycles. The zero-order valence-corrected chi connectivity index (χ0v) is 11.0. The average molecular weight is 226 g/mol. The molecule has 3 heteroatoms. The fourth-order valence-electron chi connectivity index (χ4n) is 2.61. The first-order valence-corrected chi connectivity index (χ1v) is 6.49. The van der Waals surface area contributed by atoms with Crippen molar-refractivity contribution in [2.24, 2.45) is 17.6 Å². The Labute approximate surface area is 99.2 Å². The summed E-state index contributed by atoms with van der Waals surface area (Å²) in [7, 11) is 0. The molecule has 1 fully saturated rings. The minimum absolute atomic E-state index is 0.174. The van der Waals surface area contributed by atoms with Crippen molar-refractivity contribution < 1.29 is 4.79 Å². The third-order valence-electron chi connectivity index (χ3n) is 4.28. The predicted octanol–water partition coefficient (Wildman–Crippen LogP) is 2.05. The normalized spacial score (nSPS) is 37.0. The summed E-state index contributed by atoms with van der Waals surface area (Å²) in [5, 5.41) is 3.46. The molecule has 16 heavy (non-hydrogen) atoms. The van der Waals surface area contributed by atoms with Gasteiger partial charge in [0.2, 0.25) is 5.91 Å². The molecule has 1 amide bonds. The molecule has 4 unspecified atom stereocenters. The number of nitrogens with two attached hydrogens (primary N) is 1.